The summed E-state index contributed by atoms with van der Waals surface area (Å²) in [5.41, 5.74) is 10.1. The minimum atomic E-state index is -0.0990. The summed E-state index contributed by atoms with van der Waals surface area (Å²) >= 11 is 1.41. The van der Waals surface area contributed by atoms with E-state index in [4.69, 9.17) is 5.73 Å². The van der Waals surface area contributed by atoms with Gasteiger partial charge in [-0.25, -0.2) is 9.67 Å². The molecule has 3 N–H and O–H groups in total. The Balaban J connectivity index is 1.60. The predicted molar refractivity (Wildman–Crippen MR) is 95.6 cm³/mol. The van der Waals surface area contributed by atoms with Crippen molar-refractivity contribution in [2.75, 3.05) is 12.3 Å². The van der Waals surface area contributed by atoms with Crippen LogP contribution in [0.2, 0.25) is 0 Å². The Kier molecular flexibility index (Phi) is 4.61. The van der Waals surface area contributed by atoms with Crippen molar-refractivity contribution in [3.05, 3.63) is 58.4 Å². The third-order valence-corrected chi connectivity index (χ3v) is 4.34. The lowest BCUT2D eigenvalue weighted by molar-refractivity contribution is 0.0954. The normalized spacial score (nSPS) is 10.8. The van der Waals surface area contributed by atoms with E-state index in [1.54, 1.807) is 0 Å². The van der Waals surface area contributed by atoms with E-state index >= 15 is 0 Å². The molecule has 2 heterocycles. The predicted octanol–water partition coefficient (Wildman–Crippen LogP) is 2.50. The second-order valence-electron chi connectivity index (χ2n) is 5.57. The van der Waals surface area contributed by atoms with Crippen LogP contribution in [0.5, 0.6) is 0 Å². The van der Waals surface area contributed by atoms with E-state index in [-0.39, 0.29) is 5.91 Å². The Morgan fingerprint density at radius 2 is 2.04 bits per heavy atom. The molecule has 6 nitrogen and oxygen atoms in total. The molecule has 2 aromatic heterocycles. The summed E-state index contributed by atoms with van der Waals surface area (Å²) in [6, 6.07) is 9.43. The van der Waals surface area contributed by atoms with Gasteiger partial charge in [-0.3, -0.25) is 4.79 Å². The summed E-state index contributed by atoms with van der Waals surface area (Å²) in [7, 11) is 0. The van der Waals surface area contributed by atoms with Crippen molar-refractivity contribution >= 4 is 22.4 Å². The smallest absolute Gasteiger partial charge is 0.251 e. The summed E-state index contributed by atoms with van der Waals surface area (Å²) in [5.74, 6) is -0.0990. The van der Waals surface area contributed by atoms with E-state index < -0.39 is 0 Å². The molecule has 24 heavy (non-hydrogen) atoms. The van der Waals surface area contributed by atoms with Crippen LogP contribution >= 0.6 is 11.3 Å². The largest absolute Gasteiger partial charge is 0.375 e. The highest BCUT2D eigenvalue weighted by Gasteiger charge is 2.08. The lowest BCUT2D eigenvalue weighted by Gasteiger charge is -2.07. The number of nitrogens with zero attached hydrogens (tertiary/aromatic N) is 3. The lowest BCUT2D eigenvalue weighted by atomic mass is 10.2. The Morgan fingerprint density at radius 1 is 1.29 bits per heavy atom. The van der Waals surface area contributed by atoms with Crippen LogP contribution in [-0.4, -0.2) is 27.2 Å². The molecule has 3 aromatic rings. The molecule has 0 fully saturated rings. The Morgan fingerprint density at radius 3 is 2.62 bits per heavy atom. The Labute approximate surface area is 144 Å². The summed E-state index contributed by atoms with van der Waals surface area (Å²) in [6.45, 7) is 4.49. The number of thiazole rings is 1. The van der Waals surface area contributed by atoms with E-state index in [1.165, 1.54) is 11.3 Å². The number of aryl methyl sites for hydroxylation is 2. The number of hydrogen-bond acceptors (Lipinski definition) is 5. The average molecular weight is 341 g/mol. The van der Waals surface area contributed by atoms with Gasteiger partial charge in [-0.1, -0.05) is 0 Å². The zero-order valence-electron chi connectivity index (χ0n) is 13.6. The van der Waals surface area contributed by atoms with Gasteiger partial charge in [-0.2, -0.15) is 5.10 Å². The van der Waals surface area contributed by atoms with Crippen molar-refractivity contribution in [3.63, 3.8) is 0 Å². The van der Waals surface area contributed by atoms with Gasteiger partial charge in [0.25, 0.3) is 5.91 Å². The number of benzene rings is 1. The van der Waals surface area contributed by atoms with Crippen molar-refractivity contribution in [3.8, 4) is 5.69 Å². The monoisotopic (exact) mass is 341 g/mol. The maximum absolute atomic E-state index is 12.2. The molecule has 0 unspecified atom stereocenters. The van der Waals surface area contributed by atoms with Crippen LogP contribution in [0.15, 0.2) is 35.7 Å². The molecule has 7 heteroatoms. The van der Waals surface area contributed by atoms with E-state index in [2.05, 4.69) is 15.4 Å². The lowest BCUT2D eigenvalue weighted by Crippen LogP contribution is -2.25. The van der Waals surface area contributed by atoms with Crippen molar-refractivity contribution in [2.24, 2.45) is 0 Å². The molecule has 1 amide bonds. The van der Waals surface area contributed by atoms with Crippen LogP contribution in [0.3, 0.4) is 0 Å². The van der Waals surface area contributed by atoms with Crippen LogP contribution in [0.4, 0.5) is 5.13 Å². The van der Waals surface area contributed by atoms with Crippen LogP contribution in [-0.2, 0) is 6.42 Å². The molecule has 124 valence electrons. The fourth-order valence-corrected chi connectivity index (χ4v) is 3.09. The summed E-state index contributed by atoms with van der Waals surface area (Å²) in [5, 5.41) is 9.79. The van der Waals surface area contributed by atoms with Gasteiger partial charge in [0, 0.05) is 29.6 Å². The van der Waals surface area contributed by atoms with E-state index in [0.29, 0.717) is 23.7 Å². The number of hydrogen-bond donors (Lipinski definition) is 2. The molecule has 0 aliphatic carbocycles. The molecule has 0 radical (unpaired) electrons. The fraction of sp³-hybridized carbons (Fsp3) is 0.235. The van der Waals surface area contributed by atoms with Crippen LogP contribution < -0.4 is 11.1 Å². The molecule has 0 bridgehead atoms. The van der Waals surface area contributed by atoms with Crippen LogP contribution in [0, 0.1) is 13.8 Å². The first-order valence-corrected chi connectivity index (χ1v) is 8.52. The molecule has 0 aliphatic rings. The van der Waals surface area contributed by atoms with Gasteiger partial charge in [0.15, 0.2) is 5.13 Å². The minimum Gasteiger partial charge on any atom is -0.375 e. The zero-order valence-corrected chi connectivity index (χ0v) is 14.4. The number of nitrogens with two attached hydrogens (primary N) is 1. The van der Waals surface area contributed by atoms with Gasteiger partial charge in [-0.05, 0) is 44.2 Å². The van der Waals surface area contributed by atoms with Crippen molar-refractivity contribution in [1.82, 2.24) is 20.1 Å². The standard InChI is InChI=1S/C17H19N5OS/c1-11-9-12(2)22(21-11)15-5-3-13(4-6-15)16(23)19-8-7-14-10-24-17(18)20-14/h3-6,9-10H,7-8H2,1-2H3,(H2,18,20)(H,19,23). The molecular weight excluding hydrogens is 322 g/mol. The zero-order chi connectivity index (χ0) is 17.1. The number of anilines is 1. The quantitative estimate of drug-likeness (QED) is 0.746. The molecule has 0 saturated heterocycles. The van der Waals surface area contributed by atoms with Crippen molar-refractivity contribution in [1.29, 1.82) is 0 Å². The van der Waals surface area contributed by atoms with E-state index in [0.717, 1.165) is 22.8 Å². The SMILES string of the molecule is Cc1cc(C)n(-c2ccc(C(=O)NCCc3csc(N)n3)cc2)n1. The number of nitrogens with one attached hydrogen (secondary N) is 1. The Bertz CT molecular complexity index is 850. The van der Waals surface area contributed by atoms with Gasteiger partial charge in [0.2, 0.25) is 0 Å². The van der Waals surface area contributed by atoms with Crippen LogP contribution in [0.25, 0.3) is 5.69 Å². The first-order chi connectivity index (χ1) is 11.5. The van der Waals surface area contributed by atoms with Crippen molar-refractivity contribution in [2.45, 2.75) is 20.3 Å². The molecular formula is C17H19N5OS. The van der Waals surface area contributed by atoms with E-state index in [9.17, 15) is 4.79 Å². The van der Waals surface area contributed by atoms with E-state index in [1.807, 2.05) is 54.2 Å². The second kappa shape index (κ2) is 6.84. The summed E-state index contributed by atoms with van der Waals surface area (Å²) in [4.78, 5) is 16.4. The van der Waals surface area contributed by atoms with Gasteiger partial charge >= 0.3 is 0 Å². The summed E-state index contributed by atoms with van der Waals surface area (Å²) in [6.07, 6.45) is 0.670. The number of rotatable bonds is 5. The third kappa shape index (κ3) is 3.62. The first-order valence-electron chi connectivity index (χ1n) is 7.65. The molecule has 0 saturated carbocycles. The second-order valence-corrected chi connectivity index (χ2v) is 6.46. The van der Waals surface area contributed by atoms with Gasteiger partial charge < -0.3 is 11.1 Å². The number of nitrogen functional groups attached to an aromatic ring is 1. The highest BCUT2D eigenvalue weighted by Crippen LogP contribution is 2.13. The fourth-order valence-electron chi connectivity index (χ4n) is 2.49. The Hall–Kier alpha value is -2.67. The number of aromatic nitrogens is 3. The van der Waals surface area contributed by atoms with Gasteiger partial charge in [-0.15, -0.1) is 11.3 Å². The topological polar surface area (TPSA) is 85.8 Å². The molecule has 0 aliphatic heterocycles. The third-order valence-electron chi connectivity index (χ3n) is 3.62. The molecule has 0 spiro atoms. The van der Waals surface area contributed by atoms with Gasteiger partial charge in [0.1, 0.15) is 0 Å². The number of carbonyl (C=O) groups is 1. The van der Waals surface area contributed by atoms with Crippen LogP contribution in [0.1, 0.15) is 27.4 Å². The minimum absolute atomic E-state index is 0.0990. The first kappa shape index (κ1) is 16.2. The summed E-state index contributed by atoms with van der Waals surface area (Å²) < 4.78 is 1.86. The molecule has 0 atom stereocenters. The molecule has 3 rings (SSSR count). The van der Waals surface area contributed by atoms with Gasteiger partial charge in [0.05, 0.1) is 17.1 Å². The average Bonchev–Trinajstić information content (AvgIpc) is 3.12. The molecule has 1 aromatic carbocycles. The highest BCUT2D eigenvalue weighted by molar-refractivity contribution is 7.13. The maximum Gasteiger partial charge on any atom is 0.251 e. The number of amides is 1. The highest BCUT2D eigenvalue weighted by atomic mass is 32.1. The van der Waals surface area contributed by atoms with Crippen molar-refractivity contribution < 1.29 is 4.79 Å². The number of carbonyl (C=O) groups excluding carboxylic acids is 1. The maximum atomic E-state index is 12.2.